The number of carbonyl (C=O) groups is 1. The Morgan fingerprint density at radius 1 is 1.22 bits per heavy atom. The van der Waals surface area contributed by atoms with Crippen molar-refractivity contribution in [1.82, 2.24) is 0 Å². The van der Waals surface area contributed by atoms with Gasteiger partial charge in [-0.05, 0) is 61.9 Å². The Balaban J connectivity index is 1.56. The quantitative estimate of drug-likeness (QED) is 0.666. The van der Waals surface area contributed by atoms with E-state index in [1.807, 2.05) is 0 Å². The van der Waals surface area contributed by atoms with Gasteiger partial charge in [0.2, 0.25) is 0 Å². The van der Waals surface area contributed by atoms with Gasteiger partial charge in [-0.3, -0.25) is 4.79 Å². The number of hydrogen-bond acceptors (Lipinski definition) is 2. The first-order valence-electron chi connectivity index (χ1n) is 9.55. The molecule has 0 N–H and O–H groups in total. The molecular weight excluding hydrogens is 284 g/mol. The maximum absolute atomic E-state index is 12.5. The SMILES string of the molecule is C=C1C=C2CCC3C4CCC(=O)C4(C)CCC3C23COCC1C3. The summed E-state index contributed by atoms with van der Waals surface area (Å²) in [6.07, 6.45) is 10.5. The van der Waals surface area contributed by atoms with Crippen molar-refractivity contribution in [3.8, 4) is 0 Å². The Morgan fingerprint density at radius 3 is 2.96 bits per heavy atom. The van der Waals surface area contributed by atoms with Gasteiger partial charge in [-0.2, -0.15) is 0 Å². The average Bonchev–Trinajstić information content (AvgIpc) is 2.85. The number of rotatable bonds is 0. The molecule has 4 aliphatic carbocycles. The molecule has 3 saturated carbocycles. The van der Waals surface area contributed by atoms with E-state index in [9.17, 15) is 4.79 Å². The summed E-state index contributed by atoms with van der Waals surface area (Å²) in [5.41, 5.74) is 3.20. The maximum Gasteiger partial charge on any atom is 0.139 e. The predicted octanol–water partition coefficient (Wildman–Crippen LogP) is 4.31. The van der Waals surface area contributed by atoms with Gasteiger partial charge in [0, 0.05) is 23.2 Å². The van der Waals surface area contributed by atoms with Crippen LogP contribution in [0.25, 0.3) is 0 Å². The number of allylic oxidation sites excluding steroid dienone is 1. The fourth-order valence-corrected chi connectivity index (χ4v) is 7.18. The molecule has 23 heavy (non-hydrogen) atoms. The number of Topliss-reactive ketones (excluding diaryl/α,β-unsaturated/α-hetero) is 1. The zero-order valence-corrected chi connectivity index (χ0v) is 14.3. The minimum Gasteiger partial charge on any atom is -0.380 e. The lowest BCUT2D eigenvalue weighted by Gasteiger charge is -2.60. The van der Waals surface area contributed by atoms with Crippen molar-refractivity contribution in [3.05, 3.63) is 23.8 Å². The van der Waals surface area contributed by atoms with E-state index in [4.69, 9.17) is 4.74 Å². The molecular formula is C21H28O2. The Labute approximate surface area is 139 Å². The van der Waals surface area contributed by atoms with Crippen molar-refractivity contribution in [2.45, 2.75) is 51.9 Å². The first kappa shape index (κ1) is 14.5. The summed E-state index contributed by atoms with van der Waals surface area (Å²) in [5.74, 6) is 3.20. The number of ketones is 1. The molecule has 1 aliphatic heterocycles. The highest BCUT2D eigenvalue weighted by molar-refractivity contribution is 5.87. The van der Waals surface area contributed by atoms with Gasteiger partial charge in [-0.25, -0.2) is 0 Å². The van der Waals surface area contributed by atoms with E-state index >= 15 is 0 Å². The second kappa shape index (κ2) is 4.59. The number of fused-ring (bicyclic) bond motifs is 4. The number of ether oxygens (including phenoxy) is 1. The summed E-state index contributed by atoms with van der Waals surface area (Å²) in [5, 5.41) is 0. The summed E-state index contributed by atoms with van der Waals surface area (Å²) >= 11 is 0. The molecule has 1 saturated heterocycles. The molecule has 0 radical (unpaired) electrons. The highest BCUT2D eigenvalue weighted by Gasteiger charge is 2.61. The molecule has 6 unspecified atom stereocenters. The molecule has 2 nitrogen and oxygen atoms in total. The van der Waals surface area contributed by atoms with E-state index in [0.717, 1.165) is 44.3 Å². The molecule has 124 valence electrons. The number of carbonyl (C=O) groups excluding carboxylic acids is 1. The van der Waals surface area contributed by atoms with E-state index in [1.165, 1.54) is 31.3 Å². The average molecular weight is 312 g/mol. The summed E-state index contributed by atoms with van der Waals surface area (Å²) in [6.45, 7) is 8.35. The van der Waals surface area contributed by atoms with Gasteiger partial charge in [-0.1, -0.05) is 25.2 Å². The second-order valence-electron chi connectivity index (χ2n) is 9.15. The molecule has 2 bridgehead atoms. The third-order valence-electron chi connectivity index (χ3n) is 8.42. The zero-order valence-electron chi connectivity index (χ0n) is 14.3. The molecule has 5 aliphatic rings. The van der Waals surface area contributed by atoms with Gasteiger partial charge in [0.1, 0.15) is 5.78 Å². The van der Waals surface area contributed by atoms with Crippen LogP contribution in [-0.4, -0.2) is 19.0 Å². The Kier molecular flexibility index (Phi) is 2.89. The van der Waals surface area contributed by atoms with E-state index in [-0.39, 0.29) is 10.8 Å². The van der Waals surface area contributed by atoms with Crippen molar-refractivity contribution in [2.24, 2.45) is 34.5 Å². The van der Waals surface area contributed by atoms with E-state index < -0.39 is 0 Å². The molecule has 6 atom stereocenters. The Bertz CT molecular complexity index is 617. The Hall–Kier alpha value is -0.890. The molecule has 4 fully saturated rings. The molecule has 0 aromatic rings. The van der Waals surface area contributed by atoms with Crippen LogP contribution in [0.3, 0.4) is 0 Å². The molecule has 0 aromatic carbocycles. The lowest BCUT2D eigenvalue weighted by atomic mass is 9.46. The maximum atomic E-state index is 12.5. The van der Waals surface area contributed by atoms with Gasteiger partial charge in [0.25, 0.3) is 0 Å². The van der Waals surface area contributed by atoms with Crippen molar-refractivity contribution < 1.29 is 9.53 Å². The summed E-state index contributed by atoms with van der Waals surface area (Å²) in [7, 11) is 0. The summed E-state index contributed by atoms with van der Waals surface area (Å²) in [4.78, 5) is 12.5. The van der Waals surface area contributed by atoms with Gasteiger partial charge in [-0.15, -0.1) is 0 Å². The van der Waals surface area contributed by atoms with Gasteiger partial charge < -0.3 is 4.74 Å². The predicted molar refractivity (Wildman–Crippen MR) is 89.9 cm³/mol. The molecule has 2 heteroatoms. The van der Waals surface area contributed by atoms with Gasteiger partial charge >= 0.3 is 0 Å². The third-order valence-corrected chi connectivity index (χ3v) is 8.42. The first-order valence-corrected chi connectivity index (χ1v) is 9.55. The lowest BCUT2D eigenvalue weighted by molar-refractivity contribution is -0.138. The van der Waals surface area contributed by atoms with Crippen LogP contribution in [0.2, 0.25) is 0 Å². The smallest absolute Gasteiger partial charge is 0.139 e. The zero-order chi connectivity index (χ0) is 15.8. The molecule has 1 heterocycles. The fourth-order valence-electron chi connectivity index (χ4n) is 7.18. The molecule has 0 amide bonds. The minimum atomic E-state index is -0.00772. The van der Waals surface area contributed by atoms with Crippen molar-refractivity contribution >= 4 is 5.78 Å². The topological polar surface area (TPSA) is 26.3 Å². The van der Waals surface area contributed by atoms with E-state index in [2.05, 4.69) is 19.6 Å². The minimum absolute atomic E-state index is 0.00772. The van der Waals surface area contributed by atoms with Crippen LogP contribution in [0.4, 0.5) is 0 Å². The van der Waals surface area contributed by atoms with Crippen molar-refractivity contribution in [3.63, 3.8) is 0 Å². The van der Waals surface area contributed by atoms with Crippen LogP contribution in [0.5, 0.6) is 0 Å². The normalized spacial score (nSPS) is 51.6. The highest BCUT2D eigenvalue weighted by Crippen LogP contribution is 2.66. The lowest BCUT2D eigenvalue weighted by Crippen LogP contribution is -2.55. The standard InChI is InChI=1S/C21H28O2/c1-13-9-15-3-4-16-17-5-6-19(22)20(17,2)8-7-18(16)21(15)10-14(13)11-23-12-21/h9,14,16-18H,1,3-8,10-12H2,2H3. The van der Waals surface area contributed by atoms with Crippen LogP contribution >= 0.6 is 0 Å². The van der Waals surface area contributed by atoms with Gasteiger partial charge in [0.05, 0.1) is 13.2 Å². The van der Waals surface area contributed by atoms with Crippen molar-refractivity contribution in [2.75, 3.05) is 13.2 Å². The molecule has 5 rings (SSSR count). The number of hydrogen-bond donors (Lipinski definition) is 0. The van der Waals surface area contributed by atoms with Crippen LogP contribution in [0.15, 0.2) is 23.8 Å². The largest absolute Gasteiger partial charge is 0.380 e. The van der Waals surface area contributed by atoms with Crippen LogP contribution in [0, 0.1) is 34.5 Å². The second-order valence-corrected chi connectivity index (χ2v) is 9.15. The monoisotopic (exact) mass is 312 g/mol. The van der Waals surface area contributed by atoms with E-state index in [1.54, 1.807) is 5.57 Å². The van der Waals surface area contributed by atoms with Crippen LogP contribution < -0.4 is 0 Å². The van der Waals surface area contributed by atoms with Crippen molar-refractivity contribution in [1.29, 1.82) is 0 Å². The third kappa shape index (κ3) is 1.71. The summed E-state index contributed by atoms with van der Waals surface area (Å²) in [6, 6.07) is 0. The van der Waals surface area contributed by atoms with Gasteiger partial charge in [0.15, 0.2) is 0 Å². The first-order chi connectivity index (χ1) is 11.0. The van der Waals surface area contributed by atoms with Crippen LogP contribution in [-0.2, 0) is 9.53 Å². The molecule has 0 aromatic heterocycles. The van der Waals surface area contributed by atoms with Crippen LogP contribution in [0.1, 0.15) is 51.9 Å². The fraction of sp³-hybridized carbons (Fsp3) is 0.762. The Morgan fingerprint density at radius 2 is 2.09 bits per heavy atom. The highest BCUT2D eigenvalue weighted by atomic mass is 16.5. The van der Waals surface area contributed by atoms with E-state index in [0.29, 0.717) is 17.6 Å². The molecule has 1 spiro atoms. The summed E-state index contributed by atoms with van der Waals surface area (Å²) < 4.78 is 6.11.